The van der Waals surface area contributed by atoms with Gasteiger partial charge in [-0.05, 0) is 19.1 Å². The number of nitrogens with zero attached hydrogens (tertiary/aromatic N) is 2. The first-order chi connectivity index (χ1) is 9.54. The molecule has 0 saturated carbocycles. The monoisotopic (exact) mass is 332 g/mol. The minimum atomic E-state index is -0.246. The average molecular weight is 333 g/mol. The molecule has 4 nitrogen and oxygen atoms in total. The predicted molar refractivity (Wildman–Crippen MR) is 82.6 cm³/mol. The van der Waals surface area contributed by atoms with E-state index in [9.17, 15) is 4.79 Å². The van der Waals surface area contributed by atoms with Gasteiger partial charge >= 0.3 is 0 Å². The SMILES string of the molecule is CCOCCn1c(=NC(C)=O)sc2ccc(Cl)c(Cl)c21. The van der Waals surface area contributed by atoms with Gasteiger partial charge in [0.25, 0.3) is 0 Å². The second kappa shape index (κ2) is 6.72. The molecule has 1 amide bonds. The third-order valence-corrected chi connectivity index (χ3v) is 4.49. The van der Waals surface area contributed by atoms with E-state index in [-0.39, 0.29) is 5.91 Å². The standard InChI is InChI=1S/C13H14Cl2N2O2S/c1-3-19-7-6-17-12-10(5-4-9(14)11(12)15)20-13(17)16-8(2)18/h4-5H,3,6-7H2,1-2H3. The molecule has 0 saturated heterocycles. The normalized spacial score (nSPS) is 12.3. The fraction of sp³-hybridized carbons (Fsp3) is 0.385. The summed E-state index contributed by atoms with van der Waals surface area (Å²) in [5.74, 6) is -0.246. The van der Waals surface area contributed by atoms with E-state index < -0.39 is 0 Å². The maximum atomic E-state index is 11.3. The molecule has 1 aromatic heterocycles. The predicted octanol–water partition coefficient (Wildman–Crippen LogP) is 3.49. The highest BCUT2D eigenvalue weighted by Crippen LogP contribution is 2.32. The third kappa shape index (κ3) is 3.23. The van der Waals surface area contributed by atoms with Crippen LogP contribution in [0.5, 0.6) is 0 Å². The summed E-state index contributed by atoms with van der Waals surface area (Å²) in [7, 11) is 0. The summed E-state index contributed by atoms with van der Waals surface area (Å²) in [6.45, 7) is 5.08. The molecule has 0 aliphatic rings. The number of fused-ring (bicyclic) bond motifs is 1. The molecule has 0 aliphatic heterocycles. The molecule has 1 aromatic carbocycles. The Hall–Kier alpha value is -0.880. The molecular formula is C13H14Cl2N2O2S. The molecular weight excluding hydrogens is 319 g/mol. The van der Waals surface area contributed by atoms with E-state index in [0.29, 0.717) is 34.6 Å². The fourth-order valence-electron chi connectivity index (χ4n) is 1.83. The highest BCUT2D eigenvalue weighted by molar-refractivity contribution is 7.16. The smallest absolute Gasteiger partial charge is 0.245 e. The van der Waals surface area contributed by atoms with E-state index >= 15 is 0 Å². The average Bonchev–Trinajstić information content (AvgIpc) is 2.72. The van der Waals surface area contributed by atoms with Gasteiger partial charge in [-0.25, -0.2) is 0 Å². The molecule has 0 radical (unpaired) electrons. The van der Waals surface area contributed by atoms with Gasteiger partial charge in [0.15, 0.2) is 4.80 Å². The van der Waals surface area contributed by atoms with Gasteiger partial charge in [0.2, 0.25) is 5.91 Å². The Kier molecular flexibility index (Phi) is 5.21. The molecule has 0 N–H and O–H groups in total. The molecule has 0 fully saturated rings. The number of hydrogen-bond acceptors (Lipinski definition) is 3. The topological polar surface area (TPSA) is 43.6 Å². The number of ether oxygens (including phenoxy) is 1. The van der Waals surface area contributed by atoms with Crippen LogP contribution in [0.4, 0.5) is 0 Å². The highest BCUT2D eigenvalue weighted by Gasteiger charge is 2.12. The summed E-state index contributed by atoms with van der Waals surface area (Å²) in [6.07, 6.45) is 0. The molecule has 0 unspecified atom stereocenters. The Morgan fingerprint density at radius 2 is 2.20 bits per heavy atom. The fourth-order valence-corrected chi connectivity index (χ4v) is 3.41. The first kappa shape index (κ1) is 15.5. The quantitative estimate of drug-likeness (QED) is 0.804. The Labute approximate surface area is 130 Å². The van der Waals surface area contributed by atoms with Crippen molar-refractivity contribution >= 4 is 50.7 Å². The number of rotatable bonds is 4. The summed E-state index contributed by atoms with van der Waals surface area (Å²) < 4.78 is 8.19. The van der Waals surface area contributed by atoms with Crippen LogP contribution in [0.3, 0.4) is 0 Å². The number of carbonyl (C=O) groups is 1. The summed E-state index contributed by atoms with van der Waals surface area (Å²) in [5.41, 5.74) is 0.795. The number of hydrogen-bond donors (Lipinski definition) is 0. The van der Waals surface area contributed by atoms with Gasteiger partial charge in [0.1, 0.15) is 0 Å². The van der Waals surface area contributed by atoms with Crippen LogP contribution in [0.1, 0.15) is 13.8 Å². The van der Waals surface area contributed by atoms with Gasteiger partial charge in [0.05, 0.1) is 26.9 Å². The summed E-state index contributed by atoms with van der Waals surface area (Å²) in [5, 5.41) is 0.957. The van der Waals surface area contributed by atoms with Crippen molar-refractivity contribution in [2.24, 2.45) is 4.99 Å². The number of amides is 1. The molecule has 0 bridgehead atoms. The molecule has 7 heteroatoms. The van der Waals surface area contributed by atoms with Gasteiger partial charge in [0, 0.05) is 20.1 Å². The van der Waals surface area contributed by atoms with Crippen molar-refractivity contribution < 1.29 is 9.53 Å². The number of aromatic nitrogens is 1. The minimum Gasteiger partial charge on any atom is -0.380 e. The Bertz CT molecular complexity index is 706. The highest BCUT2D eigenvalue weighted by atomic mass is 35.5. The van der Waals surface area contributed by atoms with Crippen molar-refractivity contribution in [2.75, 3.05) is 13.2 Å². The molecule has 2 aromatic rings. The molecule has 1 heterocycles. The van der Waals surface area contributed by atoms with E-state index in [1.165, 1.54) is 18.3 Å². The van der Waals surface area contributed by atoms with Crippen LogP contribution in [-0.2, 0) is 16.1 Å². The zero-order chi connectivity index (χ0) is 14.7. The zero-order valence-electron chi connectivity index (χ0n) is 11.2. The van der Waals surface area contributed by atoms with Gasteiger partial charge < -0.3 is 9.30 Å². The van der Waals surface area contributed by atoms with E-state index in [1.807, 2.05) is 17.6 Å². The van der Waals surface area contributed by atoms with E-state index in [1.54, 1.807) is 6.07 Å². The number of benzene rings is 1. The third-order valence-electron chi connectivity index (χ3n) is 2.65. The lowest BCUT2D eigenvalue weighted by Crippen LogP contribution is -2.19. The summed E-state index contributed by atoms with van der Waals surface area (Å²) in [4.78, 5) is 15.9. The van der Waals surface area contributed by atoms with Crippen LogP contribution in [-0.4, -0.2) is 23.7 Å². The van der Waals surface area contributed by atoms with Crippen molar-refractivity contribution in [3.05, 3.63) is 27.0 Å². The zero-order valence-corrected chi connectivity index (χ0v) is 13.5. The number of thiazole rings is 1. The Morgan fingerprint density at radius 3 is 2.85 bits per heavy atom. The maximum absolute atomic E-state index is 11.3. The van der Waals surface area contributed by atoms with Crippen LogP contribution in [0, 0.1) is 0 Å². The van der Waals surface area contributed by atoms with E-state index in [4.69, 9.17) is 27.9 Å². The Balaban J connectivity index is 2.63. The van der Waals surface area contributed by atoms with Crippen molar-refractivity contribution in [1.29, 1.82) is 0 Å². The molecule has 108 valence electrons. The van der Waals surface area contributed by atoms with E-state index in [2.05, 4.69) is 4.99 Å². The van der Waals surface area contributed by atoms with Crippen molar-refractivity contribution in [2.45, 2.75) is 20.4 Å². The molecule has 0 aliphatic carbocycles. The van der Waals surface area contributed by atoms with Gasteiger partial charge in [-0.15, -0.1) is 0 Å². The first-order valence-corrected chi connectivity index (χ1v) is 7.72. The number of carbonyl (C=O) groups excluding carboxylic acids is 1. The lowest BCUT2D eigenvalue weighted by atomic mass is 10.3. The van der Waals surface area contributed by atoms with Crippen molar-refractivity contribution in [3.63, 3.8) is 0 Å². The van der Waals surface area contributed by atoms with Crippen LogP contribution in [0.2, 0.25) is 10.0 Å². The lowest BCUT2D eigenvalue weighted by Gasteiger charge is -2.07. The number of halogens is 2. The Morgan fingerprint density at radius 1 is 1.45 bits per heavy atom. The molecule has 20 heavy (non-hydrogen) atoms. The summed E-state index contributed by atoms with van der Waals surface area (Å²) in [6, 6.07) is 3.62. The molecule has 0 spiro atoms. The van der Waals surface area contributed by atoms with Crippen LogP contribution < -0.4 is 4.80 Å². The summed E-state index contributed by atoms with van der Waals surface area (Å²) >= 11 is 13.8. The largest absolute Gasteiger partial charge is 0.380 e. The van der Waals surface area contributed by atoms with Crippen molar-refractivity contribution in [3.8, 4) is 0 Å². The van der Waals surface area contributed by atoms with Crippen LogP contribution in [0.25, 0.3) is 10.2 Å². The van der Waals surface area contributed by atoms with Gasteiger partial charge in [-0.2, -0.15) is 4.99 Å². The molecule has 2 rings (SSSR count). The molecule has 0 atom stereocenters. The van der Waals surface area contributed by atoms with Crippen LogP contribution in [0.15, 0.2) is 17.1 Å². The lowest BCUT2D eigenvalue weighted by molar-refractivity contribution is -0.116. The minimum absolute atomic E-state index is 0.246. The first-order valence-electron chi connectivity index (χ1n) is 6.15. The van der Waals surface area contributed by atoms with Gasteiger partial charge in [-0.1, -0.05) is 34.5 Å². The van der Waals surface area contributed by atoms with Crippen molar-refractivity contribution in [1.82, 2.24) is 4.57 Å². The second-order valence-corrected chi connectivity index (χ2v) is 5.87. The maximum Gasteiger partial charge on any atom is 0.245 e. The van der Waals surface area contributed by atoms with Gasteiger partial charge in [-0.3, -0.25) is 4.79 Å². The second-order valence-electron chi connectivity index (χ2n) is 4.07. The van der Waals surface area contributed by atoms with Crippen LogP contribution >= 0.6 is 34.5 Å². The van der Waals surface area contributed by atoms with E-state index in [0.717, 1.165) is 10.2 Å².